The summed E-state index contributed by atoms with van der Waals surface area (Å²) in [6, 6.07) is -1.19. The lowest BCUT2D eigenvalue weighted by Gasteiger charge is -2.11. The first-order valence-electron chi connectivity index (χ1n) is 7.05. The molecule has 0 aromatic heterocycles. The molecule has 0 unspecified atom stereocenters. The molecule has 0 aliphatic heterocycles. The second-order valence-corrected chi connectivity index (χ2v) is 4.61. The van der Waals surface area contributed by atoms with Crippen molar-refractivity contribution < 1.29 is 24.6 Å². The van der Waals surface area contributed by atoms with Gasteiger partial charge in [0.15, 0.2) is 0 Å². The van der Waals surface area contributed by atoms with E-state index in [1.807, 2.05) is 6.08 Å². The molecule has 0 bridgehead atoms. The van der Waals surface area contributed by atoms with E-state index < -0.39 is 23.9 Å². The molecular formula is C15H23NO5. The summed E-state index contributed by atoms with van der Waals surface area (Å²) in [6.07, 6.45) is 10.4. The van der Waals surface area contributed by atoms with Crippen LogP contribution in [-0.2, 0) is 14.4 Å². The van der Waals surface area contributed by atoms with Gasteiger partial charge in [-0.05, 0) is 19.3 Å². The van der Waals surface area contributed by atoms with Crippen molar-refractivity contribution in [3.8, 4) is 0 Å². The smallest absolute Gasteiger partial charge is 0.326 e. The number of hydrogen-bond donors (Lipinski definition) is 3. The van der Waals surface area contributed by atoms with Gasteiger partial charge in [0.25, 0.3) is 0 Å². The Morgan fingerprint density at radius 2 is 1.86 bits per heavy atom. The van der Waals surface area contributed by atoms with E-state index in [-0.39, 0.29) is 12.8 Å². The molecule has 1 atom stereocenters. The van der Waals surface area contributed by atoms with Crippen molar-refractivity contribution in [3.63, 3.8) is 0 Å². The molecule has 0 saturated carbocycles. The fourth-order valence-corrected chi connectivity index (χ4v) is 1.57. The van der Waals surface area contributed by atoms with Crippen LogP contribution in [0, 0.1) is 0 Å². The lowest BCUT2D eigenvalue weighted by Crippen LogP contribution is -2.40. The van der Waals surface area contributed by atoms with Crippen molar-refractivity contribution in [1.29, 1.82) is 0 Å². The molecule has 0 spiro atoms. The predicted molar refractivity (Wildman–Crippen MR) is 78.9 cm³/mol. The molecule has 0 aliphatic rings. The number of carbonyl (C=O) groups excluding carboxylic acids is 1. The summed E-state index contributed by atoms with van der Waals surface area (Å²) < 4.78 is 0. The number of carbonyl (C=O) groups is 3. The molecule has 0 saturated heterocycles. The highest BCUT2D eigenvalue weighted by molar-refractivity contribution is 5.91. The average Bonchev–Trinajstić information content (AvgIpc) is 2.41. The van der Waals surface area contributed by atoms with Crippen molar-refractivity contribution >= 4 is 17.8 Å². The zero-order valence-corrected chi connectivity index (χ0v) is 12.2. The number of rotatable bonds is 11. The largest absolute Gasteiger partial charge is 0.481 e. The monoisotopic (exact) mass is 297 g/mol. The van der Waals surface area contributed by atoms with Crippen LogP contribution >= 0.6 is 0 Å². The summed E-state index contributed by atoms with van der Waals surface area (Å²) in [7, 11) is 0. The molecule has 0 fully saturated rings. The summed E-state index contributed by atoms with van der Waals surface area (Å²) >= 11 is 0. The van der Waals surface area contributed by atoms with Crippen molar-refractivity contribution in [3.05, 3.63) is 24.3 Å². The fourth-order valence-electron chi connectivity index (χ4n) is 1.57. The Morgan fingerprint density at radius 3 is 2.43 bits per heavy atom. The number of carboxylic acids is 2. The van der Waals surface area contributed by atoms with Gasteiger partial charge in [0.05, 0.1) is 0 Å². The van der Waals surface area contributed by atoms with Gasteiger partial charge in [-0.25, -0.2) is 4.79 Å². The van der Waals surface area contributed by atoms with Crippen molar-refractivity contribution in [2.24, 2.45) is 0 Å². The predicted octanol–water partition coefficient (Wildman–Crippen LogP) is 2.11. The van der Waals surface area contributed by atoms with Crippen LogP contribution in [0.5, 0.6) is 0 Å². The van der Waals surface area contributed by atoms with Crippen LogP contribution in [0.25, 0.3) is 0 Å². The van der Waals surface area contributed by atoms with Gasteiger partial charge in [0, 0.05) is 12.5 Å². The third kappa shape index (κ3) is 11.4. The fraction of sp³-hybridized carbons (Fsp3) is 0.533. The van der Waals surface area contributed by atoms with Crippen LogP contribution in [-0.4, -0.2) is 34.1 Å². The van der Waals surface area contributed by atoms with Gasteiger partial charge in [0.2, 0.25) is 5.91 Å². The van der Waals surface area contributed by atoms with E-state index >= 15 is 0 Å². The number of aliphatic carboxylic acids is 2. The molecule has 0 aliphatic carbocycles. The van der Waals surface area contributed by atoms with E-state index in [4.69, 9.17) is 10.2 Å². The Kier molecular flexibility index (Phi) is 10.5. The molecule has 0 radical (unpaired) electrons. The number of hydrogen-bond acceptors (Lipinski definition) is 3. The van der Waals surface area contributed by atoms with E-state index in [1.165, 1.54) is 18.6 Å². The Bertz CT molecular complexity index is 401. The molecule has 6 nitrogen and oxygen atoms in total. The van der Waals surface area contributed by atoms with Gasteiger partial charge in [-0.1, -0.05) is 38.0 Å². The quantitative estimate of drug-likeness (QED) is 0.308. The highest BCUT2D eigenvalue weighted by atomic mass is 16.4. The first kappa shape index (κ1) is 18.9. The standard InChI is InChI=1S/C15H23NO5/c1-2-3-4-5-6-7-8-9-13(17)16-12(15(20)21)10-11-14(18)19/h6-9,12H,2-5,10-11H2,1H3,(H,16,17)(H,18,19)(H,20,21)/b7-6+,9-8+/t12-/m0/s1. The van der Waals surface area contributed by atoms with E-state index in [1.54, 1.807) is 6.08 Å². The van der Waals surface area contributed by atoms with Crippen LogP contribution < -0.4 is 5.32 Å². The zero-order valence-electron chi connectivity index (χ0n) is 12.2. The summed E-state index contributed by atoms with van der Waals surface area (Å²) in [6.45, 7) is 2.12. The van der Waals surface area contributed by atoms with Crippen LogP contribution in [0.3, 0.4) is 0 Å². The second kappa shape index (κ2) is 11.7. The van der Waals surface area contributed by atoms with Gasteiger partial charge in [-0.15, -0.1) is 0 Å². The number of unbranched alkanes of at least 4 members (excludes halogenated alkanes) is 3. The van der Waals surface area contributed by atoms with Crippen molar-refractivity contribution in [1.82, 2.24) is 5.32 Å². The molecular weight excluding hydrogens is 274 g/mol. The number of allylic oxidation sites excluding steroid dienone is 3. The first-order valence-corrected chi connectivity index (χ1v) is 7.05. The highest BCUT2D eigenvalue weighted by Crippen LogP contribution is 2.00. The van der Waals surface area contributed by atoms with Gasteiger partial charge in [-0.3, -0.25) is 9.59 Å². The zero-order chi connectivity index (χ0) is 16.1. The van der Waals surface area contributed by atoms with Gasteiger partial charge in [-0.2, -0.15) is 0 Å². The van der Waals surface area contributed by atoms with Crippen molar-refractivity contribution in [2.75, 3.05) is 0 Å². The van der Waals surface area contributed by atoms with Crippen LogP contribution in [0.1, 0.15) is 45.4 Å². The third-order valence-corrected chi connectivity index (χ3v) is 2.73. The molecule has 118 valence electrons. The molecule has 3 N–H and O–H groups in total. The maximum Gasteiger partial charge on any atom is 0.326 e. The Morgan fingerprint density at radius 1 is 1.14 bits per heavy atom. The van der Waals surface area contributed by atoms with Crippen molar-refractivity contribution in [2.45, 2.75) is 51.5 Å². The first-order chi connectivity index (χ1) is 9.97. The molecule has 6 heteroatoms. The maximum atomic E-state index is 11.5. The van der Waals surface area contributed by atoms with Gasteiger partial charge < -0.3 is 15.5 Å². The molecule has 0 aromatic rings. The lowest BCUT2D eigenvalue weighted by atomic mass is 10.1. The Hall–Kier alpha value is -2.11. The number of amides is 1. The maximum absolute atomic E-state index is 11.5. The molecule has 21 heavy (non-hydrogen) atoms. The van der Waals surface area contributed by atoms with Gasteiger partial charge >= 0.3 is 11.9 Å². The third-order valence-electron chi connectivity index (χ3n) is 2.73. The molecule has 0 aromatic carbocycles. The Balaban J connectivity index is 4.12. The minimum atomic E-state index is -1.24. The van der Waals surface area contributed by atoms with E-state index in [0.717, 1.165) is 19.3 Å². The molecule has 0 rings (SSSR count). The SMILES string of the molecule is CCCCC/C=C/C=C/C(=O)N[C@@H](CCC(=O)O)C(=O)O. The summed E-state index contributed by atoms with van der Waals surface area (Å²) in [5.41, 5.74) is 0. The summed E-state index contributed by atoms with van der Waals surface area (Å²) in [5.74, 6) is -2.89. The Labute approximate surface area is 124 Å². The number of nitrogens with one attached hydrogen (secondary N) is 1. The second-order valence-electron chi connectivity index (χ2n) is 4.61. The minimum absolute atomic E-state index is 0.142. The van der Waals surface area contributed by atoms with Crippen LogP contribution in [0.2, 0.25) is 0 Å². The topological polar surface area (TPSA) is 104 Å². The molecule has 1 amide bonds. The minimum Gasteiger partial charge on any atom is -0.481 e. The van der Waals surface area contributed by atoms with E-state index in [0.29, 0.717) is 0 Å². The highest BCUT2D eigenvalue weighted by Gasteiger charge is 2.19. The average molecular weight is 297 g/mol. The normalized spacial score (nSPS) is 12.6. The number of carboxylic acid groups (broad SMARTS) is 2. The summed E-state index contributed by atoms with van der Waals surface area (Å²) in [4.78, 5) is 32.8. The van der Waals surface area contributed by atoms with Gasteiger partial charge in [0.1, 0.15) is 6.04 Å². The molecule has 0 heterocycles. The lowest BCUT2D eigenvalue weighted by molar-refractivity contribution is -0.142. The van der Waals surface area contributed by atoms with Crippen LogP contribution in [0.15, 0.2) is 24.3 Å². The summed E-state index contributed by atoms with van der Waals surface area (Å²) in [5, 5.41) is 19.7. The van der Waals surface area contributed by atoms with E-state index in [9.17, 15) is 14.4 Å². The van der Waals surface area contributed by atoms with E-state index in [2.05, 4.69) is 12.2 Å². The van der Waals surface area contributed by atoms with Crippen LogP contribution in [0.4, 0.5) is 0 Å².